The minimum atomic E-state index is -1.03. The van der Waals surface area contributed by atoms with Gasteiger partial charge >= 0.3 is 0 Å². The predicted molar refractivity (Wildman–Crippen MR) is 118 cm³/mol. The first-order chi connectivity index (χ1) is 14.2. The molecule has 0 aromatic heterocycles. The summed E-state index contributed by atoms with van der Waals surface area (Å²) in [6, 6.07) is 0. The van der Waals surface area contributed by atoms with E-state index in [-0.39, 0.29) is 13.2 Å². The molecule has 0 spiro atoms. The second-order valence-electron chi connectivity index (χ2n) is 8.44. The number of rotatable bonds is 19. The SMILES string of the molecule is CCCCC/C=C/CCCCCCCCCCCOC[C@@H](O)[C@@H]1OC[C@H](O)[C@@H]1O. The summed E-state index contributed by atoms with van der Waals surface area (Å²) < 4.78 is 10.7. The van der Waals surface area contributed by atoms with Crippen molar-refractivity contribution in [2.24, 2.45) is 0 Å². The first-order valence-corrected chi connectivity index (χ1v) is 12.0. The van der Waals surface area contributed by atoms with Gasteiger partial charge in [0.05, 0.1) is 13.2 Å². The fourth-order valence-electron chi connectivity index (χ4n) is 3.72. The first-order valence-electron chi connectivity index (χ1n) is 12.0. The van der Waals surface area contributed by atoms with Crippen molar-refractivity contribution in [1.29, 1.82) is 0 Å². The highest BCUT2D eigenvalue weighted by Crippen LogP contribution is 2.18. The number of hydrogen-bond donors (Lipinski definition) is 3. The monoisotopic (exact) mass is 414 g/mol. The predicted octanol–water partition coefficient (Wildman–Crippen LogP) is 4.52. The Bertz CT molecular complexity index is 387. The maximum atomic E-state index is 9.95. The van der Waals surface area contributed by atoms with Crippen LogP contribution in [0.25, 0.3) is 0 Å². The minimum Gasteiger partial charge on any atom is -0.388 e. The molecule has 4 atom stereocenters. The van der Waals surface area contributed by atoms with E-state index in [1.54, 1.807) is 0 Å². The van der Waals surface area contributed by atoms with E-state index < -0.39 is 24.4 Å². The van der Waals surface area contributed by atoms with Gasteiger partial charge in [-0.3, -0.25) is 0 Å². The zero-order valence-electron chi connectivity index (χ0n) is 18.6. The topological polar surface area (TPSA) is 79.2 Å². The average molecular weight is 415 g/mol. The third kappa shape index (κ3) is 13.5. The summed E-state index contributed by atoms with van der Waals surface area (Å²) >= 11 is 0. The van der Waals surface area contributed by atoms with E-state index in [0.717, 1.165) is 12.8 Å². The van der Waals surface area contributed by atoms with Crippen LogP contribution in [0.1, 0.15) is 96.8 Å². The third-order valence-corrected chi connectivity index (χ3v) is 5.66. The van der Waals surface area contributed by atoms with Gasteiger partial charge in [0.1, 0.15) is 24.4 Å². The summed E-state index contributed by atoms with van der Waals surface area (Å²) in [6.07, 6.45) is 19.0. The Kier molecular flexibility index (Phi) is 16.8. The Labute approximate surface area is 178 Å². The van der Waals surface area contributed by atoms with Gasteiger partial charge in [0.25, 0.3) is 0 Å². The minimum absolute atomic E-state index is 0.0685. The molecule has 29 heavy (non-hydrogen) atoms. The van der Waals surface area contributed by atoms with Gasteiger partial charge in [0, 0.05) is 6.61 Å². The average Bonchev–Trinajstić information content (AvgIpc) is 3.05. The number of aliphatic hydroxyl groups is 3. The Balaban J connectivity index is 1.77. The van der Waals surface area contributed by atoms with Gasteiger partial charge in [-0.2, -0.15) is 0 Å². The van der Waals surface area contributed by atoms with Crippen LogP contribution in [0.3, 0.4) is 0 Å². The largest absolute Gasteiger partial charge is 0.388 e. The van der Waals surface area contributed by atoms with Crippen LogP contribution in [0.4, 0.5) is 0 Å². The number of ether oxygens (including phenoxy) is 2. The van der Waals surface area contributed by atoms with Crippen LogP contribution in [-0.2, 0) is 9.47 Å². The van der Waals surface area contributed by atoms with Crippen molar-refractivity contribution < 1.29 is 24.8 Å². The molecule has 5 heteroatoms. The van der Waals surface area contributed by atoms with E-state index in [2.05, 4.69) is 19.1 Å². The number of allylic oxidation sites excluding steroid dienone is 2. The summed E-state index contributed by atoms with van der Waals surface area (Å²) in [6.45, 7) is 3.08. The van der Waals surface area contributed by atoms with Crippen LogP contribution in [-0.4, -0.2) is 59.6 Å². The van der Waals surface area contributed by atoms with Gasteiger partial charge < -0.3 is 24.8 Å². The first kappa shape index (κ1) is 26.6. The summed E-state index contributed by atoms with van der Waals surface area (Å²) in [5, 5.41) is 29.0. The summed E-state index contributed by atoms with van der Waals surface area (Å²) in [4.78, 5) is 0. The maximum Gasteiger partial charge on any atom is 0.114 e. The Morgan fingerprint density at radius 1 is 0.862 bits per heavy atom. The van der Waals surface area contributed by atoms with E-state index in [1.165, 1.54) is 77.0 Å². The molecular formula is C24H46O5. The van der Waals surface area contributed by atoms with Crippen molar-refractivity contribution in [2.45, 2.75) is 121 Å². The zero-order valence-corrected chi connectivity index (χ0v) is 18.6. The van der Waals surface area contributed by atoms with Crippen molar-refractivity contribution >= 4 is 0 Å². The standard InChI is InChI=1S/C24H46O5/c1-2-3-4-5-6-7-8-9-10-11-12-13-14-15-16-17-18-28-19-22(26)24-23(27)21(25)20-29-24/h6-7,21-27H,2-5,8-20H2,1H3/b7-6+/t21-,22+,23-,24-/m0/s1. The fourth-order valence-corrected chi connectivity index (χ4v) is 3.72. The van der Waals surface area contributed by atoms with Crippen molar-refractivity contribution in [3.8, 4) is 0 Å². The molecule has 0 saturated carbocycles. The maximum absolute atomic E-state index is 9.95. The van der Waals surface area contributed by atoms with Crippen molar-refractivity contribution in [2.75, 3.05) is 19.8 Å². The number of unbranched alkanes of at least 4 members (excludes halogenated alkanes) is 12. The Hall–Kier alpha value is -0.460. The van der Waals surface area contributed by atoms with Crippen LogP contribution < -0.4 is 0 Å². The molecule has 1 saturated heterocycles. The lowest BCUT2D eigenvalue weighted by Gasteiger charge is -2.20. The van der Waals surface area contributed by atoms with Gasteiger partial charge in [-0.25, -0.2) is 0 Å². The van der Waals surface area contributed by atoms with Crippen LogP contribution in [0.5, 0.6) is 0 Å². The van der Waals surface area contributed by atoms with Crippen LogP contribution in [0, 0.1) is 0 Å². The van der Waals surface area contributed by atoms with E-state index in [1.807, 2.05) is 0 Å². The van der Waals surface area contributed by atoms with Gasteiger partial charge in [0.15, 0.2) is 0 Å². The summed E-state index contributed by atoms with van der Waals surface area (Å²) in [5.74, 6) is 0. The molecule has 3 N–H and O–H groups in total. The second-order valence-corrected chi connectivity index (χ2v) is 8.44. The van der Waals surface area contributed by atoms with Gasteiger partial charge in [-0.1, -0.05) is 76.9 Å². The van der Waals surface area contributed by atoms with E-state index >= 15 is 0 Å². The highest BCUT2D eigenvalue weighted by molar-refractivity contribution is 4.87. The van der Waals surface area contributed by atoms with E-state index in [9.17, 15) is 15.3 Å². The normalized spacial score (nSPS) is 23.2. The third-order valence-electron chi connectivity index (χ3n) is 5.66. The Morgan fingerprint density at radius 2 is 1.41 bits per heavy atom. The molecular weight excluding hydrogens is 368 g/mol. The lowest BCUT2D eigenvalue weighted by atomic mass is 10.1. The van der Waals surface area contributed by atoms with Crippen molar-refractivity contribution in [1.82, 2.24) is 0 Å². The molecule has 1 aliphatic heterocycles. The number of aliphatic hydroxyl groups excluding tert-OH is 3. The molecule has 0 radical (unpaired) electrons. The summed E-state index contributed by atoms with van der Waals surface area (Å²) in [7, 11) is 0. The zero-order chi connectivity index (χ0) is 21.2. The molecule has 0 aromatic rings. The fraction of sp³-hybridized carbons (Fsp3) is 0.917. The smallest absolute Gasteiger partial charge is 0.114 e. The summed E-state index contributed by atoms with van der Waals surface area (Å²) in [5.41, 5.74) is 0. The molecule has 1 aliphatic rings. The highest BCUT2D eigenvalue weighted by atomic mass is 16.5. The molecule has 172 valence electrons. The van der Waals surface area contributed by atoms with E-state index in [4.69, 9.17) is 9.47 Å². The van der Waals surface area contributed by atoms with E-state index in [0.29, 0.717) is 6.61 Å². The molecule has 5 nitrogen and oxygen atoms in total. The molecule has 0 unspecified atom stereocenters. The van der Waals surface area contributed by atoms with Gasteiger partial charge in [-0.05, 0) is 32.1 Å². The molecule has 0 bridgehead atoms. The highest BCUT2D eigenvalue weighted by Gasteiger charge is 2.39. The van der Waals surface area contributed by atoms with Crippen LogP contribution >= 0.6 is 0 Å². The molecule has 0 aromatic carbocycles. The van der Waals surface area contributed by atoms with Crippen molar-refractivity contribution in [3.63, 3.8) is 0 Å². The Morgan fingerprint density at radius 3 is 1.97 bits per heavy atom. The molecule has 1 rings (SSSR count). The lowest BCUT2D eigenvalue weighted by molar-refractivity contribution is -0.0813. The second kappa shape index (κ2) is 18.3. The number of hydrogen-bond acceptors (Lipinski definition) is 5. The van der Waals surface area contributed by atoms with Gasteiger partial charge in [-0.15, -0.1) is 0 Å². The lowest BCUT2D eigenvalue weighted by Crippen LogP contribution is -2.40. The quantitative estimate of drug-likeness (QED) is 0.214. The van der Waals surface area contributed by atoms with Crippen LogP contribution in [0.2, 0.25) is 0 Å². The molecule has 0 aliphatic carbocycles. The molecule has 0 amide bonds. The molecule has 1 heterocycles. The molecule has 1 fully saturated rings. The van der Waals surface area contributed by atoms with Gasteiger partial charge in [0.2, 0.25) is 0 Å². The van der Waals surface area contributed by atoms with Crippen LogP contribution in [0.15, 0.2) is 12.2 Å². The van der Waals surface area contributed by atoms with Crippen molar-refractivity contribution in [3.05, 3.63) is 12.2 Å².